The standard InChI is InChI=1S/C31H41F/c1-2-3-4-5-24-6-10-26(11-7-24)28-14-18-30(19-15-28)31-20-16-29(17-21-31)27-12-8-25(9-13-27)22-23-32/h2-3,8-9,12-13,16-17,20-21,24,26,28,30H,4-7,10-11,14-15,18-19,22-23H2,1H3/b3-2+/t24-,26-,28?,30?. The van der Waals surface area contributed by atoms with Crippen molar-refractivity contribution in [3.05, 3.63) is 71.8 Å². The van der Waals surface area contributed by atoms with Gasteiger partial charge in [0, 0.05) is 6.42 Å². The number of hydrogen-bond donors (Lipinski definition) is 0. The average Bonchev–Trinajstić information content (AvgIpc) is 2.86. The molecular formula is C31H41F. The highest BCUT2D eigenvalue weighted by Crippen LogP contribution is 2.44. The minimum Gasteiger partial charge on any atom is -0.251 e. The van der Waals surface area contributed by atoms with E-state index in [1.807, 2.05) is 0 Å². The van der Waals surface area contributed by atoms with Crippen molar-refractivity contribution in [2.45, 2.75) is 83.5 Å². The number of alkyl halides is 1. The van der Waals surface area contributed by atoms with Crippen molar-refractivity contribution >= 4 is 0 Å². The van der Waals surface area contributed by atoms with Crippen molar-refractivity contribution in [2.24, 2.45) is 17.8 Å². The molecule has 0 unspecified atom stereocenters. The van der Waals surface area contributed by atoms with Gasteiger partial charge in [0.05, 0.1) is 6.67 Å². The summed E-state index contributed by atoms with van der Waals surface area (Å²) in [5.41, 5.74) is 5.09. The van der Waals surface area contributed by atoms with Gasteiger partial charge in [-0.3, -0.25) is 4.39 Å². The Hall–Kier alpha value is -1.89. The van der Waals surface area contributed by atoms with Crippen molar-refractivity contribution < 1.29 is 4.39 Å². The molecule has 0 aliphatic heterocycles. The molecular weight excluding hydrogens is 391 g/mol. The molecule has 0 saturated heterocycles. The molecule has 2 aliphatic rings. The molecule has 32 heavy (non-hydrogen) atoms. The second-order valence-electron chi connectivity index (χ2n) is 10.3. The second kappa shape index (κ2) is 11.8. The quantitative estimate of drug-likeness (QED) is 0.364. The molecule has 0 N–H and O–H groups in total. The molecule has 2 aliphatic carbocycles. The van der Waals surface area contributed by atoms with Crippen molar-refractivity contribution in [3.8, 4) is 11.1 Å². The molecule has 2 aromatic rings. The molecule has 0 aromatic heterocycles. The third-order valence-electron chi connectivity index (χ3n) is 8.36. The SMILES string of the molecule is C/C=C/CC[C@H]1CC[C@H](C2CCC(c3ccc(-c4ccc(CCF)cc4)cc3)CC2)CC1. The first-order valence-corrected chi connectivity index (χ1v) is 13.1. The van der Waals surface area contributed by atoms with Gasteiger partial charge in [-0.05, 0) is 104 Å². The van der Waals surface area contributed by atoms with Crippen LogP contribution in [-0.2, 0) is 6.42 Å². The van der Waals surface area contributed by atoms with Gasteiger partial charge in [0.1, 0.15) is 0 Å². The van der Waals surface area contributed by atoms with Crippen LogP contribution in [0.1, 0.15) is 88.2 Å². The van der Waals surface area contributed by atoms with Crippen LogP contribution in [-0.4, -0.2) is 6.67 Å². The molecule has 2 aromatic carbocycles. The Kier molecular flexibility index (Phi) is 8.60. The lowest BCUT2D eigenvalue weighted by molar-refractivity contribution is 0.157. The van der Waals surface area contributed by atoms with Crippen LogP contribution < -0.4 is 0 Å². The van der Waals surface area contributed by atoms with Gasteiger partial charge in [0.15, 0.2) is 0 Å². The molecule has 0 heterocycles. The molecule has 0 radical (unpaired) electrons. The summed E-state index contributed by atoms with van der Waals surface area (Å²) in [4.78, 5) is 0. The van der Waals surface area contributed by atoms with Gasteiger partial charge in [0.2, 0.25) is 0 Å². The number of hydrogen-bond acceptors (Lipinski definition) is 0. The van der Waals surface area contributed by atoms with E-state index in [0.717, 1.165) is 29.2 Å². The van der Waals surface area contributed by atoms with E-state index in [4.69, 9.17) is 0 Å². The summed E-state index contributed by atoms with van der Waals surface area (Å²) in [7, 11) is 0. The Morgan fingerprint density at radius 3 is 1.88 bits per heavy atom. The van der Waals surface area contributed by atoms with Crippen molar-refractivity contribution in [3.63, 3.8) is 0 Å². The van der Waals surface area contributed by atoms with E-state index < -0.39 is 0 Å². The van der Waals surface area contributed by atoms with Crippen LogP contribution in [0, 0.1) is 17.8 Å². The van der Waals surface area contributed by atoms with E-state index in [0.29, 0.717) is 6.42 Å². The smallest absolute Gasteiger partial charge is 0.0934 e. The summed E-state index contributed by atoms with van der Waals surface area (Å²) in [6.07, 6.45) is 19.2. The summed E-state index contributed by atoms with van der Waals surface area (Å²) in [5.74, 6) is 3.70. The van der Waals surface area contributed by atoms with Crippen molar-refractivity contribution in [1.82, 2.24) is 0 Å². The number of aryl methyl sites for hydroxylation is 1. The van der Waals surface area contributed by atoms with E-state index in [9.17, 15) is 4.39 Å². The van der Waals surface area contributed by atoms with Crippen LogP contribution in [0.4, 0.5) is 4.39 Å². The van der Waals surface area contributed by atoms with Crippen LogP contribution in [0.5, 0.6) is 0 Å². The second-order valence-corrected chi connectivity index (χ2v) is 10.3. The normalized spacial score (nSPS) is 26.4. The van der Waals surface area contributed by atoms with Gasteiger partial charge in [-0.25, -0.2) is 0 Å². The van der Waals surface area contributed by atoms with Gasteiger partial charge in [-0.1, -0.05) is 73.5 Å². The molecule has 0 nitrogen and oxygen atoms in total. The van der Waals surface area contributed by atoms with E-state index in [2.05, 4.69) is 67.6 Å². The first-order chi connectivity index (χ1) is 15.8. The summed E-state index contributed by atoms with van der Waals surface area (Å²) < 4.78 is 12.5. The Morgan fingerprint density at radius 2 is 1.31 bits per heavy atom. The van der Waals surface area contributed by atoms with Crippen LogP contribution in [0.3, 0.4) is 0 Å². The fraction of sp³-hybridized carbons (Fsp3) is 0.548. The predicted molar refractivity (Wildman–Crippen MR) is 136 cm³/mol. The topological polar surface area (TPSA) is 0 Å². The van der Waals surface area contributed by atoms with Gasteiger partial charge >= 0.3 is 0 Å². The minimum absolute atomic E-state index is 0.283. The maximum absolute atomic E-state index is 12.5. The van der Waals surface area contributed by atoms with E-state index in [1.54, 1.807) is 0 Å². The Morgan fingerprint density at radius 1 is 0.750 bits per heavy atom. The number of halogens is 1. The summed E-state index contributed by atoms with van der Waals surface area (Å²) in [6, 6.07) is 17.6. The fourth-order valence-corrected chi connectivity index (χ4v) is 6.29. The number of allylic oxidation sites excluding steroid dienone is 2. The lowest BCUT2D eigenvalue weighted by atomic mass is 9.68. The highest BCUT2D eigenvalue weighted by molar-refractivity contribution is 5.64. The predicted octanol–water partition coefficient (Wildman–Crippen LogP) is 9.30. The largest absolute Gasteiger partial charge is 0.251 e. The summed E-state index contributed by atoms with van der Waals surface area (Å²) in [6.45, 7) is 1.85. The van der Waals surface area contributed by atoms with Gasteiger partial charge < -0.3 is 0 Å². The van der Waals surface area contributed by atoms with E-state index >= 15 is 0 Å². The number of rotatable bonds is 8. The molecule has 0 amide bonds. The molecule has 0 atom stereocenters. The van der Waals surface area contributed by atoms with Crippen molar-refractivity contribution in [1.29, 1.82) is 0 Å². The molecule has 2 fully saturated rings. The third kappa shape index (κ3) is 6.12. The Bertz CT molecular complexity index is 816. The highest BCUT2D eigenvalue weighted by atomic mass is 19.1. The zero-order chi connectivity index (χ0) is 22.2. The molecule has 2 saturated carbocycles. The molecule has 0 bridgehead atoms. The highest BCUT2D eigenvalue weighted by Gasteiger charge is 2.31. The Balaban J connectivity index is 1.25. The van der Waals surface area contributed by atoms with E-state index in [1.165, 1.54) is 80.9 Å². The van der Waals surface area contributed by atoms with E-state index in [-0.39, 0.29) is 6.67 Å². The van der Waals surface area contributed by atoms with Crippen LogP contribution in [0.2, 0.25) is 0 Å². The zero-order valence-electron chi connectivity index (χ0n) is 19.9. The fourth-order valence-electron chi connectivity index (χ4n) is 6.29. The van der Waals surface area contributed by atoms with Crippen LogP contribution in [0.15, 0.2) is 60.7 Å². The first-order valence-electron chi connectivity index (χ1n) is 13.1. The van der Waals surface area contributed by atoms with Gasteiger partial charge in [0.25, 0.3) is 0 Å². The average molecular weight is 433 g/mol. The van der Waals surface area contributed by atoms with Gasteiger partial charge in [-0.15, -0.1) is 0 Å². The lowest BCUT2D eigenvalue weighted by Gasteiger charge is -2.38. The molecule has 4 rings (SSSR count). The Labute approximate surface area is 195 Å². The number of benzene rings is 2. The summed E-state index contributed by atoms with van der Waals surface area (Å²) in [5, 5.41) is 0. The molecule has 172 valence electrons. The maximum atomic E-state index is 12.5. The monoisotopic (exact) mass is 432 g/mol. The molecule has 1 heteroatoms. The van der Waals surface area contributed by atoms with Crippen LogP contribution >= 0.6 is 0 Å². The third-order valence-corrected chi connectivity index (χ3v) is 8.36. The molecule has 0 spiro atoms. The first kappa shape index (κ1) is 23.3. The maximum Gasteiger partial charge on any atom is 0.0934 e. The lowest BCUT2D eigenvalue weighted by Crippen LogP contribution is -2.25. The minimum atomic E-state index is -0.283. The van der Waals surface area contributed by atoms with Crippen molar-refractivity contribution in [2.75, 3.05) is 6.67 Å². The zero-order valence-corrected chi connectivity index (χ0v) is 19.9. The summed E-state index contributed by atoms with van der Waals surface area (Å²) >= 11 is 0. The van der Waals surface area contributed by atoms with Crippen LogP contribution in [0.25, 0.3) is 11.1 Å². The van der Waals surface area contributed by atoms with Gasteiger partial charge in [-0.2, -0.15) is 0 Å².